The molecule has 32 heavy (non-hydrogen) atoms. The minimum atomic E-state index is -3.16. The molecular formula is C25H27ClN3O2P. The molecule has 2 saturated heterocycles. The molecule has 0 spiro atoms. The van der Waals surface area contributed by atoms with Gasteiger partial charge < -0.3 is 14.1 Å². The molecule has 0 N–H and O–H groups in total. The number of benzene rings is 3. The summed E-state index contributed by atoms with van der Waals surface area (Å²) < 4.78 is 25.4. The quantitative estimate of drug-likeness (QED) is 0.437. The first-order valence-electron chi connectivity index (χ1n) is 11.0. The van der Waals surface area contributed by atoms with Gasteiger partial charge in [0.1, 0.15) is 5.78 Å². The first kappa shape index (κ1) is 21.5. The first-order valence-corrected chi connectivity index (χ1v) is 13.1. The Morgan fingerprint density at radius 2 is 1.22 bits per heavy atom. The average Bonchev–Trinajstić information content (AvgIpc) is 3.19. The molecule has 0 aromatic heterocycles. The molecule has 5 nitrogen and oxygen atoms in total. The van der Waals surface area contributed by atoms with Crippen LogP contribution in [0.5, 0.6) is 0 Å². The number of ether oxygens (including phenoxy) is 1. The molecule has 1 unspecified atom stereocenters. The third kappa shape index (κ3) is 3.95. The molecule has 3 aromatic rings. The summed E-state index contributed by atoms with van der Waals surface area (Å²) in [6.07, 6.45) is 0. The second kappa shape index (κ2) is 9.29. The van der Waals surface area contributed by atoms with Crippen LogP contribution in [0.2, 0.25) is 5.02 Å². The molecule has 2 heterocycles. The number of halogens is 1. The maximum atomic E-state index is 15.5. The predicted octanol–water partition coefficient (Wildman–Crippen LogP) is 5.89. The summed E-state index contributed by atoms with van der Waals surface area (Å²) in [6, 6.07) is 28.1. The third-order valence-electron chi connectivity index (χ3n) is 6.20. The zero-order chi connectivity index (χ0) is 22.0. The largest absolute Gasteiger partial charge is 0.379 e. The lowest BCUT2D eigenvalue weighted by atomic mass is 10.2. The number of nitrogens with zero attached hydrogens (tertiary/aromatic N) is 3. The van der Waals surface area contributed by atoms with E-state index in [9.17, 15) is 0 Å². The van der Waals surface area contributed by atoms with Crippen molar-refractivity contribution in [3.63, 3.8) is 0 Å². The van der Waals surface area contributed by atoms with Crippen LogP contribution in [0.15, 0.2) is 84.9 Å². The number of rotatable bonds is 5. The minimum Gasteiger partial charge on any atom is -0.379 e. The maximum absolute atomic E-state index is 15.5. The zero-order valence-corrected chi connectivity index (χ0v) is 19.5. The minimum absolute atomic E-state index is 0.299. The second-order valence-corrected chi connectivity index (χ2v) is 11.1. The SMILES string of the molecule is O=P1(C(c2ccc(Cl)cc2)N2CCOCC2)N(c2ccccc2)CCN1c1ccccc1. The summed E-state index contributed by atoms with van der Waals surface area (Å²) in [6.45, 7) is 4.15. The molecule has 2 aliphatic heterocycles. The highest BCUT2D eigenvalue weighted by molar-refractivity contribution is 7.67. The zero-order valence-electron chi connectivity index (χ0n) is 17.9. The van der Waals surface area contributed by atoms with Gasteiger partial charge in [0.15, 0.2) is 0 Å². The van der Waals surface area contributed by atoms with Gasteiger partial charge in [0.2, 0.25) is 0 Å². The smallest absolute Gasteiger partial charge is 0.284 e. The van der Waals surface area contributed by atoms with Crippen LogP contribution in [0, 0.1) is 0 Å². The lowest BCUT2D eigenvalue weighted by Crippen LogP contribution is -2.42. The van der Waals surface area contributed by atoms with E-state index in [2.05, 4.69) is 38.5 Å². The molecule has 5 rings (SSSR count). The van der Waals surface area contributed by atoms with E-state index < -0.39 is 7.44 Å². The topological polar surface area (TPSA) is 36.0 Å². The fourth-order valence-corrected chi connectivity index (χ4v) is 8.55. The van der Waals surface area contributed by atoms with Gasteiger partial charge in [0, 0.05) is 42.6 Å². The predicted molar refractivity (Wildman–Crippen MR) is 132 cm³/mol. The fraction of sp³-hybridized carbons (Fsp3) is 0.280. The van der Waals surface area contributed by atoms with Crippen molar-refractivity contribution >= 4 is 30.4 Å². The van der Waals surface area contributed by atoms with Crippen molar-refractivity contribution < 1.29 is 9.30 Å². The Morgan fingerprint density at radius 1 is 0.719 bits per heavy atom. The molecule has 0 bridgehead atoms. The van der Waals surface area contributed by atoms with Gasteiger partial charge in [-0.25, -0.2) is 0 Å². The Balaban J connectivity index is 1.68. The molecule has 2 aliphatic rings. The first-order chi connectivity index (χ1) is 15.7. The van der Waals surface area contributed by atoms with Gasteiger partial charge in [-0.15, -0.1) is 0 Å². The van der Waals surface area contributed by atoms with E-state index in [1.807, 2.05) is 60.7 Å². The molecule has 0 amide bonds. The van der Waals surface area contributed by atoms with Crippen LogP contribution in [0.4, 0.5) is 11.4 Å². The van der Waals surface area contributed by atoms with E-state index in [1.54, 1.807) is 0 Å². The molecule has 0 aliphatic carbocycles. The normalized spacial score (nSPS) is 19.8. The van der Waals surface area contributed by atoms with Gasteiger partial charge in [-0.05, 0) is 42.0 Å². The summed E-state index contributed by atoms with van der Waals surface area (Å²) in [5, 5.41) is 0.680. The van der Waals surface area contributed by atoms with Crippen molar-refractivity contribution in [2.75, 3.05) is 48.7 Å². The lowest BCUT2D eigenvalue weighted by molar-refractivity contribution is 0.0303. The highest BCUT2D eigenvalue weighted by Crippen LogP contribution is 2.69. The number of hydrogen-bond acceptors (Lipinski definition) is 3. The highest BCUT2D eigenvalue weighted by Gasteiger charge is 2.52. The van der Waals surface area contributed by atoms with Crippen LogP contribution in [0.3, 0.4) is 0 Å². The van der Waals surface area contributed by atoms with Crippen molar-refractivity contribution in [1.29, 1.82) is 0 Å². The summed E-state index contributed by atoms with van der Waals surface area (Å²) in [7, 11) is -3.16. The van der Waals surface area contributed by atoms with Crippen LogP contribution in [-0.4, -0.2) is 44.3 Å². The molecule has 7 heteroatoms. The Bertz CT molecular complexity index is 1020. The average molecular weight is 468 g/mol. The van der Waals surface area contributed by atoms with Crippen molar-refractivity contribution in [3.8, 4) is 0 Å². The molecule has 3 aromatic carbocycles. The highest BCUT2D eigenvalue weighted by atomic mass is 35.5. The molecular weight excluding hydrogens is 441 g/mol. The molecule has 1 atom stereocenters. The molecule has 0 radical (unpaired) electrons. The Labute approximate surface area is 194 Å². The van der Waals surface area contributed by atoms with Crippen molar-refractivity contribution in [3.05, 3.63) is 95.5 Å². The van der Waals surface area contributed by atoms with Crippen LogP contribution < -0.4 is 9.34 Å². The number of morpholine rings is 1. The van der Waals surface area contributed by atoms with Gasteiger partial charge in [-0.3, -0.25) is 9.46 Å². The second-order valence-electron chi connectivity index (χ2n) is 8.08. The standard InChI is InChI=1S/C25H27ClN3O2P/c26-22-13-11-21(12-14-22)25(27-17-19-31-20-18-27)32(30)28(23-7-3-1-4-8-23)15-16-29(32)24-9-5-2-6-10-24/h1-14,25H,15-20H2. The van der Waals surface area contributed by atoms with Gasteiger partial charge in [-0.1, -0.05) is 60.1 Å². The van der Waals surface area contributed by atoms with Crippen molar-refractivity contribution in [2.24, 2.45) is 0 Å². The molecule has 0 saturated carbocycles. The van der Waals surface area contributed by atoms with Crippen LogP contribution in [0.1, 0.15) is 11.3 Å². The van der Waals surface area contributed by atoms with E-state index in [1.165, 1.54) is 0 Å². The summed E-state index contributed by atoms with van der Waals surface area (Å²) in [4.78, 5) is 2.32. The van der Waals surface area contributed by atoms with E-state index >= 15 is 4.57 Å². The van der Waals surface area contributed by atoms with Gasteiger partial charge in [-0.2, -0.15) is 0 Å². The van der Waals surface area contributed by atoms with Gasteiger partial charge in [0.25, 0.3) is 7.44 Å². The summed E-state index contributed by atoms with van der Waals surface area (Å²) in [5.74, 6) is -0.299. The van der Waals surface area contributed by atoms with E-state index in [-0.39, 0.29) is 5.78 Å². The fourth-order valence-electron chi connectivity index (χ4n) is 4.73. The van der Waals surface area contributed by atoms with Gasteiger partial charge >= 0.3 is 0 Å². The number of hydrogen-bond donors (Lipinski definition) is 0. The summed E-state index contributed by atoms with van der Waals surface area (Å²) >= 11 is 6.22. The van der Waals surface area contributed by atoms with Crippen molar-refractivity contribution in [2.45, 2.75) is 5.78 Å². The van der Waals surface area contributed by atoms with Crippen LogP contribution >= 0.6 is 19.0 Å². The van der Waals surface area contributed by atoms with Crippen LogP contribution in [-0.2, 0) is 9.30 Å². The summed E-state index contributed by atoms with van der Waals surface area (Å²) in [5.41, 5.74) is 2.99. The lowest BCUT2D eigenvalue weighted by Gasteiger charge is -2.44. The number of anilines is 2. The molecule has 2 fully saturated rings. The van der Waals surface area contributed by atoms with E-state index in [0.717, 1.165) is 30.0 Å². The van der Waals surface area contributed by atoms with E-state index in [0.29, 0.717) is 31.3 Å². The Kier molecular flexibility index (Phi) is 6.25. The third-order valence-corrected chi connectivity index (χ3v) is 9.96. The van der Waals surface area contributed by atoms with E-state index in [4.69, 9.17) is 16.3 Å². The maximum Gasteiger partial charge on any atom is 0.284 e. The van der Waals surface area contributed by atoms with Gasteiger partial charge in [0.05, 0.1) is 13.2 Å². The Hall–Kier alpha value is -2.30. The Morgan fingerprint density at radius 3 is 1.72 bits per heavy atom. The van der Waals surface area contributed by atoms with Crippen LogP contribution in [0.25, 0.3) is 0 Å². The van der Waals surface area contributed by atoms with Crippen molar-refractivity contribution in [1.82, 2.24) is 4.90 Å². The monoisotopic (exact) mass is 467 g/mol. The number of para-hydroxylation sites is 2. The molecule has 166 valence electrons.